The average molecular weight is 306 g/mol. The predicted molar refractivity (Wildman–Crippen MR) is 61.5 cm³/mol. The fourth-order valence-electron chi connectivity index (χ4n) is 0.978. The number of nitriles is 1. The number of alkyl halides is 1. The van der Waals surface area contributed by atoms with E-state index in [9.17, 15) is 10.1 Å². The molecule has 0 N–H and O–H groups in total. The van der Waals surface area contributed by atoms with Gasteiger partial charge >= 0.3 is 5.69 Å². The molecule has 0 saturated carbocycles. The van der Waals surface area contributed by atoms with E-state index in [1.165, 1.54) is 12.1 Å². The van der Waals surface area contributed by atoms with Crippen molar-refractivity contribution in [3.05, 3.63) is 32.8 Å². The lowest BCUT2D eigenvalue weighted by atomic mass is 10.3. The molecule has 0 bridgehead atoms. The third kappa shape index (κ3) is 3.08. The van der Waals surface area contributed by atoms with Crippen molar-refractivity contribution in [1.82, 2.24) is 0 Å². The molecule has 0 aliphatic rings. The Bertz CT molecular complexity index is 447. The highest BCUT2D eigenvalue weighted by Gasteiger charge is 2.18. The Labute approximate surface area is 105 Å². The fourth-order valence-corrected chi connectivity index (χ4v) is 1.51. The number of benzene rings is 1. The van der Waals surface area contributed by atoms with Gasteiger partial charge in [-0.2, -0.15) is 5.26 Å². The van der Waals surface area contributed by atoms with Crippen molar-refractivity contribution in [2.45, 2.75) is 5.38 Å². The highest BCUT2D eigenvalue weighted by Crippen LogP contribution is 2.34. The van der Waals surface area contributed by atoms with Crippen molar-refractivity contribution in [3.8, 4) is 11.8 Å². The van der Waals surface area contributed by atoms with E-state index < -0.39 is 10.3 Å². The Kier molecular flexibility index (Phi) is 4.52. The molecular formula is C9H6BrClN2O3. The van der Waals surface area contributed by atoms with Crippen LogP contribution in [0.2, 0.25) is 0 Å². The summed E-state index contributed by atoms with van der Waals surface area (Å²) in [7, 11) is 0. The third-order valence-corrected chi connectivity index (χ3v) is 2.51. The Balaban J connectivity index is 2.94. The van der Waals surface area contributed by atoms with Crippen LogP contribution in [0.15, 0.2) is 22.7 Å². The number of rotatable bonds is 4. The minimum Gasteiger partial charge on any atom is -0.483 e. The maximum atomic E-state index is 10.7. The molecule has 0 fully saturated rings. The van der Waals surface area contributed by atoms with Crippen LogP contribution >= 0.6 is 27.5 Å². The van der Waals surface area contributed by atoms with Crippen LogP contribution in [0.25, 0.3) is 0 Å². The summed E-state index contributed by atoms with van der Waals surface area (Å²) in [5.41, 5.74) is -0.170. The zero-order valence-corrected chi connectivity index (χ0v) is 10.2. The molecule has 16 heavy (non-hydrogen) atoms. The number of hydrogen-bond donors (Lipinski definition) is 0. The second-order valence-electron chi connectivity index (χ2n) is 2.75. The molecule has 0 radical (unpaired) electrons. The Morgan fingerprint density at radius 1 is 1.69 bits per heavy atom. The topological polar surface area (TPSA) is 76.2 Å². The standard InChI is InChI=1S/C9H6BrClN2O3/c10-7-2-1-3-8(13(14)15)9(7)16-5-6(11)4-12/h1-3,6H,5H2. The molecule has 1 aromatic rings. The van der Waals surface area contributed by atoms with E-state index in [4.69, 9.17) is 21.6 Å². The van der Waals surface area contributed by atoms with Crippen LogP contribution in [0.1, 0.15) is 0 Å². The number of ether oxygens (including phenoxy) is 1. The van der Waals surface area contributed by atoms with Crippen molar-refractivity contribution >= 4 is 33.2 Å². The molecule has 0 spiro atoms. The van der Waals surface area contributed by atoms with E-state index >= 15 is 0 Å². The highest BCUT2D eigenvalue weighted by molar-refractivity contribution is 9.10. The van der Waals surface area contributed by atoms with Crippen LogP contribution in [0.4, 0.5) is 5.69 Å². The highest BCUT2D eigenvalue weighted by atomic mass is 79.9. The van der Waals surface area contributed by atoms with Crippen molar-refractivity contribution in [2.75, 3.05) is 6.61 Å². The van der Waals surface area contributed by atoms with Gasteiger partial charge in [0.25, 0.3) is 0 Å². The first-order valence-electron chi connectivity index (χ1n) is 4.15. The molecule has 0 aromatic heterocycles. The quantitative estimate of drug-likeness (QED) is 0.487. The van der Waals surface area contributed by atoms with Gasteiger partial charge in [0.1, 0.15) is 6.61 Å². The van der Waals surface area contributed by atoms with Gasteiger partial charge < -0.3 is 4.74 Å². The first-order chi connectivity index (χ1) is 7.56. The number of para-hydroxylation sites is 1. The smallest absolute Gasteiger partial charge is 0.312 e. The summed E-state index contributed by atoms with van der Waals surface area (Å²) in [5.74, 6) is 0.0772. The molecule has 84 valence electrons. The number of halogens is 2. The van der Waals surface area contributed by atoms with Gasteiger partial charge in [0.2, 0.25) is 5.75 Å². The van der Waals surface area contributed by atoms with Crippen molar-refractivity contribution in [1.29, 1.82) is 5.26 Å². The van der Waals surface area contributed by atoms with Gasteiger partial charge in [-0.25, -0.2) is 0 Å². The van der Waals surface area contributed by atoms with E-state index in [0.29, 0.717) is 4.47 Å². The summed E-state index contributed by atoms with van der Waals surface area (Å²) >= 11 is 8.66. The van der Waals surface area contributed by atoms with Gasteiger partial charge in [-0.3, -0.25) is 10.1 Å². The van der Waals surface area contributed by atoms with Crippen LogP contribution in [-0.4, -0.2) is 16.9 Å². The number of nitrogens with zero attached hydrogens (tertiary/aromatic N) is 2. The maximum absolute atomic E-state index is 10.7. The summed E-state index contributed by atoms with van der Waals surface area (Å²) in [6, 6.07) is 6.21. The van der Waals surface area contributed by atoms with E-state index in [1.807, 2.05) is 0 Å². The van der Waals surface area contributed by atoms with Crippen LogP contribution in [-0.2, 0) is 0 Å². The van der Waals surface area contributed by atoms with Gasteiger partial charge in [0, 0.05) is 6.07 Å². The summed E-state index contributed by atoms with van der Waals surface area (Å²) in [6.07, 6.45) is 0. The predicted octanol–water partition coefficient (Wildman–Crippen LogP) is 2.87. The van der Waals surface area contributed by atoms with Crippen LogP contribution in [0.5, 0.6) is 5.75 Å². The van der Waals surface area contributed by atoms with Crippen molar-refractivity contribution in [3.63, 3.8) is 0 Å². The largest absolute Gasteiger partial charge is 0.483 e. The first kappa shape index (κ1) is 12.7. The SMILES string of the molecule is N#CC(Cl)COc1c(Br)cccc1[N+](=O)[O-]. The minimum absolute atomic E-state index is 0.0772. The summed E-state index contributed by atoms with van der Waals surface area (Å²) in [4.78, 5) is 10.1. The molecule has 0 aliphatic carbocycles. The molecule has 1 rings (SSSR count). The second kappa shape index (κ2) is 5.68. The Morgan fingerprint density at radius 2 is 2.38 bits per heavy atom. The molecule has 0 saturated heterocycles. The fraction of sp³-hybridized carbons (Fsp3) is 0.222. The van der Waals surface area contributed by atoms with Gasteiger partial charge in [0.05, 0.1) is 15.5 Å². The lowest BCUT2D eigenvalue weighted by molar-refractivity contribution is -0.385. The summed E-state index contributed by atoms with van der Waals surface area (Å²) in [5, 5.41) is 18.3. The minimum atomic E-state index is -0.841. The Hall–Kier alpha value is -1.32. The number of hydrogen-bond acceptors (Lipinski definition) is 4. The molecule has 0 heterocycles. The van der Waals surface area contributed by atoms with E-state index in [0.717, 1.165) is 0 Å². The molecule has 1 unspecified atom stereocenters. The molecule has 5 nitrogen and oxygen atoms in total. The van der Waals surface area contributed by atoms with E-state index in [-0.39, 0.29) is 18.0 Å². The zero-order chi connectivity index (χ0) is 12.1. The summed E-state index contributed by atoms with van der Waals surface area (Å²) in [6.45, 7) is -0.110. The van der Waals surface area contributed by atoms with E-state index in [2.05, 4.69) is 15.9 Å². The normalized spacial score (nSPS) is 11.6. The third-order valence-electron chi connectivity index (χ3n) is 1.66. The molecule has 0 aliphatic heterocycles. The van der Waals surface area contributed by atoms with Crippen LogP contribution in [0, 0.1) is 21.4 Å². The first-order valence-corrected chi connectivity index (χ1v) is 5.38. The molecule has 7 heteroatoms. The van der Waals surface area contributed by atoms with Gasteiger partial charge in [-0.1, -0.05) is 6.07 Å². The van der Waals surface area contributed by atoms with Gasteiger partial charge in [-0.05, 0) is 22.0 Å². The van der Waals surface area contributed by atoms with Crippen molar-refractivity contribution in [2.24, 2.45) is 0 Å². The van der Waals surface area contributed by atoms with Crippen LogP contribution in [0.3, 0.4) is 0 Å². The maximum Gasteiger partial charge on any atom is 0.312 e. The summed E-state index contributed by atoms with van der Waals surface area (Å²) < 4.78 is 5.59. The number of nitro benzene ring substituents is 1. The van der Waals surface area contributed by atoms with Gasteiger partial charge in [0.15, 0.2) is 5.38 Å². The Morgan fingerprint density at radius 3 is 2.94 bits per heavy atom. The lowest BCUT2D eigenvalue weighted by Crippen LogP contribution is -2.10. The monoisotopic (exact) mass is 304 g/mol. The van der Waals surface area contributed by atoms with E-state index in [1.54, 1.807) is 12.1 Å². The zero-order valence-electron chi connectivity index (χ0n) is 7.89. The molecule has 1 aromatic carbocycles. The lowest BCUT2D eigenvalue weighted by Gasteiger charge is -2.08. The van der Waals surface area contributed by atoms with Crippen LogP contribution < -0.4 is 4.74 Å². The van der Waals surface area contributed by atoms with Crippen molar-refractivity contribution < 1.29 is 9.66 Å². The number of nitro groups is 1. The molecular weight excluding hydrogens is 299 g/mol. The average Bonchev–Trinajstić information content (AvgIpc) is 2.26. The second-order valence-corrected chi connectivity index (χ2v) is 4.13. The molecule has 1 atom stereocenters. The molecule has 0 amide bonds. The van der Waals surface area contributed by atoms with Gasteiger partial charge in [-0.15, -0.1) is 11.6 Å².